The summed E-state index contributed by atoms with van der Waals surface area (Å²) in [5.41, 5.74) is 2.56. The minimum atomic E-state index is 0. The fourth-order valence-electron chi connectivity index (χ4n) is 1.38. The first-order valence-corrected chi connectivity index (χ1v) is 5.06. The van der Waals surface area contributed by atoms with E-state index in [4.69, 9.17) is 0 Å². The first-order chi connectivity index (χ1) is 7.27. The third-order valence-electron chi connectivity index (χ3n) is 2.28. The zero-order chi connectivity index (χ0) is 11.1. The minimum absolute atomic E-state index is 0. The van der Waals surface area contributed by atoms with Gasteiger partial charge in [0.2, 0.25) is 0 Å². The van der Waals surface area contributed by atoms with E-state index in [0.29, 0.717) is 0 Å². The smallest absolute Gasteiger partial charge is 0.190 e. The van der Waals surface area contributed by atoms with Gasteiger partial charge in [-0.2, -0.15) is 0 Å². The molecule has 0 aliphatic rings. The maximum atomic E-state index is 4.06. The number of nitrogens with zero attached hydrogens (tertiary/aromatic N) is 2. The van der Waals surface area contributed by atoms with Crippen LogP contribution < -0.4 is 10.6 Å². The van der Waals surface area contributed by atoms with Crippen LogP contribution in [0.15, 0.2) is 23.5 Å². The second-order valence-corrected chi connectivity index (χ2v) is 3.30. The van der Waals surface area contributed by atoms with Gasteiger partial charge in [0.1, 0.15) is 0 Å². The van der Waals surface area contributed by atoms with Gasteiger partial charge in [-0.15, -0.1) is 24.0 Å². The van der Waals surface area contributed by atoms with E-state index in [0.717, 1.165) is 18.9 Å². The van der Waals surface area contributed by atoms with Gasteiger partial charge in [0.05, 0.1) is 0 Å². The molecule has 1 aromatic heterocycles. The molecule has 16 heavy (non-hydrogen) atoms. The predicted molar refractivity (Wildman–Crippen MR) is 78.5 cm³/mol. The molecule has 0 unspecified atom stereocenters. The lowest BCUT2D eigenvalue weighted by Gasteiger charge is -2.09. The lowest BCUT2D eigenvalue weighted by atomic mass is 10.1. The van der Waals surface area contributed by atoms with Crippen molar-refractivity contribution < 1.29 is 0 Å². The number of hydrogen-bond acceptors (Lipinski definition) is 2. The quantitative estimate of drug-likeness (QED) is 0.498. The highest BCUT2D eigenvalue weighted by atomic mass is 127. The Hall–Kier alpha value is -0.850. The van der Waals surface area contributed by atoms with E-state index in [1.54, 1.807) is 7.05 Å². The molecular formula is C11H19IN4. The first-order valence-electron chi connectivity index (χ1n) is 5.06. The van der Waals surface area contributed by atoms with E-state index in [9.17, 15) is 0 Å². The number of halogens is 1. The molecule has 0 saturated heterocycles. The van der Waals surface area contributed by atoms with Crippen LogP contribution in [-0.2, 0) is 6.42 Å². The summed E-state index contributed by atoms with van der Waals surface area (Å²) in [6.07, 6.45) is 4.70. The molecule has 0 saturated carbocycles. The molecule has 1 rings (SSSR count). The van der Waals surface area contributed by atoms with Crippen LogP contribution in [0, 0.1) is 6.92 Å². The van der Waals surface area contributed by atoms with Crippen molar-refractivity contribution >= 4 is 29.9 Å². The Morgan fingerprint density at radius 3 is 2.81 bits per heavy atom. The van der Waals surface area contributed by atoms with Crippen molar-refractivity contribution in [2.75, 3.05) is 20.6 Å². The molecule has 0 aromatic carbocycles. The van der Waals surface area contributed by atoms with Crippen molar-refractivity contribution in [3.8, 4) is 0 Å². The molecule has 90 valence electrons. The molecule has 0 fully saturated rings. The van der Waals surface area contributed by atoms with Gasteiger partial charge in [-0.25, -0.2) is 0 Å². The van der Waals surface area contributed by atoms with Crippen molar-refractivity contribution in [3.63, 3.8) is 0 Å². The van der Waals surface area contributed by atoms with Gasteiger partial charge in [-0.05, 0) is 30.5 Å². The topological polar surface area (TPSA) is 49.3 Å². The van der Waals surface area contributed by atoms with Gasteiger partial charge in [-0.1, -0.05) is 0 Å². The highest BCUT2D eigenvalue weighted by molar-refractivity contribution is 14.0. The molecule has 1 aromatic rings. The van der Waals surface area contributed by atoms with Crippen LogP contribution in [0.25, 0.3) is 0 Å². The summed E-state index contributed by atoms with van der Waals surface area (Å²) in [4.78, 5) is 8.11. The third-order valence-corrected chi connectivity index (χ3v) is 2.28. The Morgan fingerprint density at radius 1 is 1.50 bits per heavy atom. The largest absolute Gasteiger partial charge is 0.359 e. The van der Waals surface area contributed by atoms with Crippen molar-refractivity contribution in [3.05, 3.63) is 29.6 Å². The van der Waals surface area contributed by atoms with Crippen LogP contribution in [0.1, 0.15) is 11.1 Å². The van der Waals surface area contributed by atoms with E-state index in [2.05, 4.69) is 33.6 Å². The molecule has 2 N–H and O–H groups in total. The summed E-state index contributed by atoms with van der Waals surface area (Å²) in [6.45, 7) is 2.95. The zero-order valence-electron chi connectivity index (χ0n) is 9.95. The van der Waals surface area contributed by atoms with Crippen molar-refractivity contribution in [2.24, 2.45) is 4.99 Å². The van der Waals surface area contributed by atoms with Crippen LogP contribution in [0.4, 0.5) is 0 Å². The Morgan fingerprint density at radius 2 is 2.25 bits per heavy atom. The monoisotopic (exact) mass is 334 g/mol. The molecule has 0 aliphatic carbocycles. The fourth-order valence-corrected chi connectivity index (χ4v) is 1.38. The molecule has 0 radical (unpaired) electrons. The SMILES string of the molecule is CN=C(NC)NCCc1ccncc1C.I. The highest BCUT2D eigenvalue weighted by Crippen LogP contribution is 2.04. The van der Waals surface area contributed by atoms with Crippen molar-refractivity contribution in [1.82, 2.24) is 15.6 Å². The predicted octanol–water partition coefficient (Wildman–Crippen LogP) is 1.35. The van der Waals surface area contributed by atoms with Crippen LogP contribution >= 0.6 is 24.0 Å². The highest BCUT2D eigenvalue weighted by Gasteiger charge is 1.98. The summed E-state index contributed by atoms with van der Waals surface area (Å²) in [7, 11) is 3.61. The van der Waals surface area contributed by atoms with Crippen molar-refractivity contribution in [1.29, 1.82) is 0 Å². The van der Waals surface area contributed by atoms with E-state index in [1.165, 1.54) is 11.1 Å². The maximum Gasteiger partial charge on any atom is 0.190 e. The van der Waals surface area contributed by atoms with E-state index < -0.39 is 0 Å². The molecular weight excluding hydrogens is 315 g/mol. The van der Waals surface area contributed by atoms with E-state index in [1.807, 2.05) is 19.4 Å². The molecule has 0 amide bonds. The van der Waals surface area contributed by atoms with Gasteiger partial charge in [-0.3, -0.25) is 9.98 Å². The summed E-state index contributed by atoms with van der Waals surface area (Å²) in [5.74, 6) is 0.821. The molecule has 4 nitrogen and oxygen atoms in total. The number of rotatable bonds is 3. The molecule has 0 spiro atoms. The second kappa shape index (κ2) is 8.32. The Labute approximate surface area is 114 Å². The number of hydrogen-bond donors (Lipinski definition) is 2. The normalized spacial score (nSPS) is 10.6. The average molecular weight is 334 g/mol. The lowest BCUT2D eigenvalue weighted by Crippen LogP contribution is -2.35. The molecule has 1 heterocycles. The number of nitrogens with one attached hydrogen (secondary N) is 2. The Balaban J connectivity index is 0.00000225. The van der Waals surface area contributed by atoms with Gasteiger partial charge < -0.3 is 10.6 Å². The number of guanidine groups is 1. The third kappa shape index (κ3) is 4.78. The minimum Gasteiger partial charge on any atom is -0.359 e. The van der Waals surface area contributed by atoms with Gasteiger partial charge in [0.15, 0.2) is 5.96 Å². The summed E-state index contributed by atoms with van der Waals surface area (Å²) < 4.78 is 0. The average Bonchev–Trinajstić information content (AvgIpc) is 2.27. The summed E-state index contributed by atoms with van der Waals surface area (Å²) >= 11 is 0. The molecule has 0 aliphatic heterocycles. The first kappa shape index (κ1) is 15.2. The van der Waals surface area contributed by atoms with Crippen LogP contribution in [0.5, 0.6) is 0 Å². The molecule has 0 bridgehead atoms. The summed E-state index contributed by atoms with van der Waals surface area (Å²) in [5, 5.41) is 6.19. The Kier molecular flexibility index (Phi) is 7.88. The van der Waals surface area contributed by atoms with Crippen molar-refractivity contribution in [2.45, 2.75) is 13.3 Å². The van der Waals surface area contributed by atoms with Gasteiger partial charge >= 0.3 is 0 Å². The number of aliphatic imine (C=N–C) groups is 1. The van der Waals surface area contributed by atoms with Gasteiger partial charge in [0, 0.05) is 33.0 Å². The molecule has 0 atom stereocenters. The second-order valence-electron chi connectivity index (χ2n) is 3.30. The standard InChI is InChI=1S/C11H18N4.HI/c1-9-8-14-6-4-10(9)5-7-15-11(12-2)13-3;/h4,6,8H,5,7H2,1-3H3,(H2,12,13,15);1H. The van der Waals surface area contributed by atoms with E-state index in [-0.39, 0.29) is 24.0 Å². The maximum absolute atomic E-state index is 4.06. The van der Waals surface area contributed by atoms with Crippen LogP contribution in [-0.4, -0.2) is 31.6 Å². The number of pyridine rings is 1. The number of aryl methyl sites for hydroxylation is 1. The van der Waals surface area contributed by atoms with Crippen LogP contribution in [0.3, 0.4) is 0 Å². The molecule has 5 heteroatoms. The van der Waals surface area contributed by atoms with Gasteiger partial charge in [0.25, 0.3) is 0 Å². The Bertz CT molecular complexity index is 339. The number of aromatic nitrogens is 1. The zero-order valence-corrected chi connectivity index (χ0v) is 12.3. The van der Waals surface area contributed by atoms with Crippen LogP contribution in [0.2, 0.25) is 0 Å². The fraction of sp³-hybridized carbons (Fsp3) is 0.455. The van der Waals surface area contributed by atoms with E-state index >= 15 is 0 Å². The lowest BCUT2D eigenvalue weighted by molar-refractivity contribution is 0.828. The summed E-state index contributed by atoms with van der Waals surface area (Å²) in [6, 6.07) is 2.05.